The minimum absolute atomic E-state index is 0.0694. The van der Waals surface area contributed by atoms with Gasteiger partial charge < -0.3 is 10.5 Å². The topological polar surface area (TPSA) is 73.9 Å². The van der Waals surface area contributed by atoms with Crippen LogP contribution in [0.3, 0.4) is 0 Å². The number of nitrogens with zero attached hydrogens (tertiary/aromatic N) is 3. The summed E-state index contributed by atoms with van der Waals surface area (Å²) in [5.41, 5.74) is 8.29. The van der Waals surface area contributed by atoms with E-state index in [-0.39, 0.29) is 11.8 Å². The van der Waals surface area contributed by atoms with E-state index >= 15 is 0 Å². The van der Waals surface area contributed by atoms with E-state index in [1.54, 1.807) is 41.9 Å². The van der Waals surface area contributed by atoms with Crippen LogP contribution >= 0.6 is 11.3 Å². The molecule has 0 spiro atoms. The largest absolute Gasteiger partial charge is 0.421 e. The first-order valence-electron chi connectivity index (χ1n) is 7.51. The number of aryl methyl sites for hydroxylation is 1. The van der Waals surface area contributed by atoms with Crippen molar-refractivity contribution in [3.8, 4) is 22.9 Å². The minimum atomic E-state index is -0.496. The first-order chi connectivity index (χ1) is 12.1. The summed E-state index contributed by atoms with van der Waals surface area (Å²) < 4.78 is 21.0. The molecule has 3 heterocycles. The quantitative estimate of drug-likeness (QED) is 0.584. The molecule has 0 unspecified atom stereocenters. The molecular weight excluding hydrogens is 339 g/mol. The number of thiophene rings is 1. The highest BCUT2D eigenvalue weighted by Gasteiger charge is 2.13. The van der Waals surface area contributed by atoms with Crippen LogP contribution in [-0.4, -0.2) is 15.0 Å². The van der Waals surface area contributed by atoms with Crippen molar-refractivity contribution in [2.24, 2.45) is 0 Å². The van der Waals surface area contributed by atoms with E-state index in [4.69, 9.17) is 10.5 Å². The number of nitrogens with two attached hydrogens (primary N) is 1. The van der Waals surface area contributed by atoms with Crippen LogP contribution in [0.15, 0.2) is 48.1 Å². The van der Waals surface area contributed by atoms with Crippen molar-refractivity contribution in [3.05, 3.63) is 59.6 Å². The molecule has 25 heavy (non-hydrogen) atoms. The summed E-state index contributed by atoms with van der Waals surface area (Å²) in [5.74, 6) is 0.00652. The Kier molecular flexibility index (Phi) is 3.77. The van der Waals surface area contributed by atoms with Crippen molar-refractivity contribution in [2.45, 2.75) is 6.92 Å². The van der Waals surface area contributed by atoms with E-state index in [0.29, 0.717) is 11.4 Å². The van der Waals surface area contributed by atoms with Crippen LogP contribution in [-0.2, 0) is 0 Å². The van der Waals surface area contributed by atoms with Crippen molar-refractivity contribution in [3.63, 3.8) is 0 Å². The van der Waals surface area contributed by atoms with Crippen LogP contribution in [0.5, 0.6) is 11.8 Å². The summed E-state index contributed by atoms with van der Waals surface area (Å²) in [7, 11) is 0. The van der Waals surface area contributed by atoms with Gasteiger partial charge in [0.1, 0.15) is 5.82 Å². The fourth-order valence-electron chi connectivity index (χ4n) is 2.55. The maximum atomic E-state index is 14.5. The van der Waals surface area contributed by atoms with E-state index in [9.17, 15) is 4.39 Å². The molecule has 0 aliphatic carbocycles. The lowest BCUT2D eigenvalue weighted by molar-refractivity contribution is 0.410. The molecule has 4 aromatic rings. The van der Waals surface area contributed by atoms with E-state index in [2.05, 4.69) is 15.0 Å². The van der Waals surface area contributed by atoms with Gasteiger partial charge in [0.15, 0.2) is 11.6 Å². The van der Waals surface area contributed by atoms with Crippen LogP contribution in [0.25, 0.3) is 21.2 Å². The fraction of sp³-hybridized carbons (Fsp3) is 0.0556. The minimum Gasteiger partial charge on any atom is -0.421 e. The molecule has 0 bridgehead atoms. The molecule has 124 valence electrons. The van der Waals surface area contributed by atoms with Crippen molar-refractivity contribution in [1.29, 1.82) is 0 Å². The molecule has 0 atom stereocenters. The Labute approximate surface area is 147 Å². The monoisotopic (exact) mass is 352 g/mol. The van der Waals surface area contributed by atoms with E-state index in [1.807, 2.05) is 18.4 Å². The van der Waals surface area contributed by atoms with Crippen LogP contribution < -0.4 is 10.5 Å². The first-order valence-corrected chi connectivity index (χ1v) is 8.39. The second kappa shape index (κ2) is 6.10. The number of hydrogen-bond acceptors (Lipinski definition) is 6. The predicted molar refractivity (Wildman–Crippen MR) is 96.3 cm³/mol. The maximum absolute atomic E-state index is 14.5. The number of nitrogen functional groups attached to an aromatic ring is 1. The van der Waals surface area contributed by atoms with Crippen LogP contribution in [0, 0.1) is 12.7 Å². The molecule has 1 aromatic carbocycles. The molecule has 0 saturated carbocycles. The highest BCUT2D eigenvalue weighted by molar-refractivity contribution is 7.17. The number of anilines is 1. The molecule has 4 rings (SSSR count). The van der Waals surface area contributed by atoms with Gasteiger partial charge in [0.25, 0.3) is 0 Å². The van der Waals surface area contributed by atoms with E-state index < -0.39 is 5.82 Å². The number of pyridine rings is 1. The van der Waals surface area contributed by atoms with Crippen molar-refractivity contribution < 1.29 is 9.13 Å². The highest BCUT2D eigenvalue weighted by Crippen LogP contribution is 2.38. The van der Waals surface area contributed by atoms with E-state index in [0.717, 1.165) is 21.3 Å². The highest BCUT2D eigenvalue weighted by atomic mass is 32.1. The van der Waals surface area contributed by atoms with Gasteiger partial charge in [-0.25, -0.2) is 19.3 Å². The summed E-state index contributed by atoms with van der Waals surface area (Å²) in [6, 6.07) is 8.50. The van der Waals surface area contributed by atoms with Gasteiger partial charge >= 0.3 is 6.01 Å². The number of fused-ring (bicyclic) bond motifs is 1. The van der Waals surface area contributed by atoms with Gasteiger partial charge in [-0.2, -0.15) is 0 Å². The zero-order chi connectivity index (χ0) is 17.4. The standard InChI is InChI=1S/C18H13FN4OS/c1-10-4-6-22-18(23-10)24-14-3-2-11(8-13(14)19)12-9-25-15-5-7-21-17(20)16(12)15/h2-9H,1H3,(H2,20,21). The molecule has 0 radical (unpaired) electrons. The molecule has 2 N–H and O–H groups in total. The third-order valence-corrected chi connectivity index (χ3v) is 4.68. The number of rotatable bonds is 3. The molecule has 0 fully saturated rings. The lowest BCUT2D eigenvalue weighted by atomic mass is 10.0. The molecule has 7 heteroatoms. The molecular formula is C18H13FN4OS. The second-order valence-corrected chi connectivity index (χ2v) is 6.36. The third-order valence-electron chi connectivity index (χ3n) is 3.73. The predicted octanol–water partition coefficient (Wildman–Crippen LogP) is 4.58. The summed E-state index contributed by atoms with van der Waals surface area (Å²) in [4.78, 5) is 12.2. The van der Waals surface area contributed by atoms with Crippen molar-refractivity contribution in [2.75, 3.05) is 5.73 Å². The Morgan fingerprint density at radius 2 is 1.96 bits per heavy atom. The maximum Gasteiger partial charge on any atom is 0.322 e. The molecule has 0 saturated heterocycles. The smallest absolute Gasteiger partial charge is 0.322 e. The zero-order valence-corrected chi connectivity index (χ0v) is 14.0. The van der Waals surface area contributed by atoms with Gasteiger partial charge in [-0.1, -0.05) is 6.07 Å². The summed E-state index contributed by atoms with van der Waals surface area (Å²) >= 11 is 1.54. The van der Waals surface area contributed by atoms with Gasteiger partial charge in [-0.3, -0.25) is 0 Å². The average Bonchev–Trinajstić information content (AvgIpc) is 3.02. The van der Waals surface area contributed by atoms with Crippen molar-refractivity contribution >= 4 is 27.2 Å². The SMILES string of the molecule is Cc1ccnc(Oc2ccc(-c3csc4ccnc(N)c34)cc2F)n1. The third kappa shape index (κ3) is 2.89. The lowest BCUT2D eigenvalue weighted by Crippen LogP contribution is -1.95. The number of halogens is 1. The number of aromatic nitrogens is 3. The van der Waals surface area contributed by atoms with Gasteiger partial charge in [-0.05, 0) is 42.1 Å². The number of benzene rings is 1. The summed E-state index contributed by atoms with van der Waals surface area (Å²) in [6.45, 7) is 1.81. The molecule has 0 aliphatic heterocycles. The molecule has 0 amide bonds. The van der Waals surface area contributed by atoms with Crippen molar-refractivity contribution in [1.82, 2.24) is 15.0 Å². The zero-order valence-electron chi connectivity index (χ0n) is 13.2. The Morgan fingerprint density at radius 1 is 1.12 bits per heavy atom. The average molecular weight is 352 g/mol. The van der Waals surface area contributed by atoms with Gasteiger partial charge in [0.2, 0.25) is 0 Å². The van der Waals surface area contributed by atoms with Gasteiger partial charge in [0, 0.05) is 33.7 Å². The summed E-state index contributed by atoms with van der Waals surface area (Å²) in [5, 5.41) is 2.78. The molecule has 5 nitrogen and oxygen atoms in total. The number of ether oxygens (including phenoxy) is 1. The summed E-state index contributed by atoms with van der Waals surface area (Å²) in [6.07, 6.45) is 3.23. The van der Waals surface area contributed by atoms with Crippen LogP contribution in [0.1, 0.15) is 5.69 Å². The van der Waals surface area contributed by atoms with Gasteiger partial charge in [-0.15, -0.1) is 11.3 Å². The van der Waals surface area contributed by atoms with Crippen LogP contribution in [0.2, 0.25) is 0 Å². The Hall–Kier alpha value is -3.06. The molecule has 3 aromatic heterocycles. The normalized spacial score (nSPS) is 11.0. The van der Waals surface area contributed by atoms with Crippen LogP contribution in [0.4, 0.5) is 10.2 Å². The lowest BCUT2D eigenvalue weighted by Gasteiger charge is -2.07. The van der Waals surface area contributed by atoms with E-state index in [1.165, 1.54) is 6.07 Å². The van der Waals surface area contributed by atoms with Gasteiger partial charge in [0.05, 0.1) is 0 Å². The first kappa shape index (κ1) is 15.5. The Morgan fingerprint density at radius 3 is 2.76 bits per heavy atom. The fourth-order valence-corrected chi connectivity index (χ4v) is 3.52. The Balaban J connectivity index is 1.72. The second-order valence-electron chi connectivity index (χ2n) is 5.45. The Bertz CT molecular complexity index is 1080. The molecule has 0 aliphatic rings. The number of hydrogen-bond donors (Lipinski definition) is 1.